The van der Waals surface area contributed by atoms with E-state index in [0.717, 1.165) is 32.1 Å². The minimum atomic E-state index is -1.24. The Morgan fingerprint density at radius 3 is 2.19 bits per heavy atom. The van der Waals surface area contributed by atoms with E-state index in [4.69, 9.17) is 0 Å². The van der Waals surface area contributed by atoms with Crippen LogP contribution in [0.2, 0.25) is 0 Å². The Balaban J connectivity index is 1.78. The number of aliphatic hydroxyl groups is 1. The second kappa shape index (κ2) is 12.4. The minimum absolute atomic E-state index is 0.0358. The SMILES string of the molecule is CCCC(NC(=O)[C@@H]1C2CCCC2CN1C(=O)[C@@H](NC(=O)[C@@H](O)C(C)C)C(C)C)C(=O)C(=O)NC1CC1. The molecule has 2 saturated carbocycles. The lowest BCUT2D eigenvalue weighted by molar-refractivity contribution is -0.146. The fourth-order valence-electron chi connectivity index (χ4n) is 5.56. The van der Waals surface area contributed by atoms with Gasteiger partial charge in [0.05, 0.1) is 6.04 Å². The number of amides is 4. The van der Waals surface area contributed by atoms with E-state index in [1.165, 1.54) is 0 Å². The maximum absolute atomic E-state index is 13.8. The molecule has 6 atom stereocenters. The molecule has 3 aliphatic rings. The number of hydrogen-bond acceptors (Lipinski definition) is 6. The Morgan fingerprint density at radius 2 is 1.62 bits per heavy atom. The van der Waals surface area contributed by atoms with Crippen LogP contribution in [0.25, 0.3) is 0 Å². The lowest BCUT2D eigenvalue weighted by atomic mass is 9.92. The van der Waals surface area contributed by atoms with Crippen molar-refractivity contribution in [2.75, 3.05) is 6.54 Å². The molecule has 4 amide bonds. The van der Waals surface area contributed by atoms with E-state index in [9.17, 15) is 29.1 Å². The van der Waals surface area contributed by atoms with Gasteiger partial charge in [0, 0.05) is 12.6 Å². The third-order valence-corrected chi connectivity index (χ3v) is 7.92. The standard InChI is InChI=1S/C27H44N4O6/c1-6-8-19(23(33)26(36)28-17-11-12-17)29-24(34)21-18-10-7-9-16(18)13-31(21)27(37)20(14(2)3)30-25(35)22(32)15(4)5/h14-22,32H,6-13H2,1-5H3,(H,28,36)(H,29,34)(H,30,35)/t16?,18?,19?,20-,21-,22-/m0/s1. The van der Waals surface area contributed by atoms with Gasteiger partial charge in [-0.25, -0.2) is 0 Å². The van der Waals surface area contributed by atoms with Gasteiger partial charge in [-0.1, -0.05) is 47.5 Å². The molecule has 0 radical (unpaired) electrons. The van der Waals surface area contributed by atoms with Crippen molar-refractivity contribution >= 4 is 29.4 Å². The highest BCUT2D eigenvalue weighted by Gasteiger charge is 2.51. The highest BCUT2D eigenvalue weighted by molar-refractivity contribution is 6.38. The van der Waals surface area contributed by atoms with Gasteiger partial charge in [-0.3, -0.25) is 24.0 Å². The molecule has 0 aromatic rings. The topological polar surface area (TPSA) is 145 Å². The molecule has 208 valence electrons. The van der Waals surface area contributed by atoms with E-state index in [1.54, 1.807) is 18.7 Å². The number of ketones is 1. The van der Waals surface area contributed by atoms with Crippen LogP contribution in [0.4, 0.5) is 0 Å². The average Bonchev–Trinajstić information content (AvgIpc) is 3.41. The van der Waals surface area contributed by atoms with Gasteiger partial charge in [-0.2, -0.15) is 0 Å². The monoisotopic (exact) mass is 520 g/mol. The van der Waals surface area contributed by atoms with Crippen molar-refractivity contribution in [3.05, 3.63) is 0 Å². The zero-order valence-corrected chi connectivity index (χ0v) is 22.8. The number of fused-ring (bicyclic) bond motifs is 1. The highest BCUT2D eigenvalue weighted by Crippen LogP contribution is 2.42. The van der Waals surface area contributed by atoms with Crippen molar-refractivity contribution in [2.45, 2.75) is 110 Å². The van der Waals surface area contributed by atoms with Gasteiger partial charge in [0.1, 0.15) is 18.2 Å². The van der Waals surface area contributed by atoms with Crippen LogP contribution in [0.1, 0.15) is 79.6 Å². The third kappa shape index (κ3) is 6.89. The predicted octanol–water partition coefficient (Wildman–Crippen LogP) is 0.904. The van der Waals surface area contributed by atoms with Crippen LogP contribution < -0.4 is 16.0 Å². The van der Waals surface area contributed by atoms with Gasteiger partial charge in [0.25, 0.3) is 5.91 Å². The van der Waals surface area contributed by atoms with Gasteiger partial charge in [-0.15, -0.1) is 0 Å². The summed E-state index contributed by atoms with van der Waals surface area (Å²) in [5, 5.41) is 18.4. The summed E-state index contributed by atoms with van der Waals surface area (Å²) in [6, 6.07) is -2.58. The first-order valence-electron chi connectivity index (χ1n) is 13.9. The van der Waals surface area contributed by atoms with Crippen molar-refractivity contribution in [3.63, 3.8) is 0 Å². The van der Waals surface area contributed by atoms with Gasteiger partial charge < -0.3 is 26.0 Å². The number of likely N-dealkylation sites (tertiary alicyclic amines) is 1. The normalized spacial score (nSPS) is 25.4. The summed E-state index contributed by atoms with van der Waals surface area (Å²) in [5.41, 5.74) is 0. The molecule has 1 heterocycles. The van der Waals surface area contributed by atoms with Crippen LogP contribution in [-0.2, 0) is 24.0 Å². The highest BCUT2D eigenvalue weighted by atomic mass is 16.3. The second-order valence-electron chi connectivity index (χ2n) is 11.7. The largest absolute Gasteiger partial charge is 0.383 e. The van der Waals surface area contributed by atoms with Gasteiger partial charge in [0.2, 0.25) is 23.5 Å². The van der Waals surface area contributed by atoms with E-state index < -0.39 is 47.7 Å². The molecule has 10 heteroatoms. The lowest BCUT2D eigenvalue weighted by Gasteiger charge is -2.33. The zero-order valence-electron chi connectivity index (χ0n) is 22.8. The number of carbonyl (C=O) groups excluding carboxylic acids is 5. The van der Waals surface area contributed by atoms with Crippen LogP contribution in [0.3, 0.4) is 0 Å². The molecular weight excluding hydrogens is 476 g/mol. The second-order valence-corrected chi connectivity index (χ2v) is 11.7. The first-order valence-corrected chi connectivity index (χ1v) is 13.9. The number of aliphatic hydroxyl groups excluding tert-OH is 1. The summed E-state index contributed by atoms with van der Waals surface area (Å²) >= 11 is 0. The van der Waals surface area contributed by atoms with Crippen molar-refractivity contribution in [1.29, 1.82) is 0 Å². The number of rotatable bonds is 12. The maximum atomic E-state index is 13.8. The summed E-state index contributed by atoms with van der Waals surface area (Å²) in [4.78, 5) is 66.8. The molecule has 1 aliphatic heterocycles. The summed E-state index contributed by atoms with van der Waals surface area (Å²) in [6.07, 6.45) is 4.07. The quantitative estimate of drug-likeness (QED) is 0.282. The Kier molecular flexibility index (Phi) is 9.72. The van der Waals surface area contributed by atoms with Crippen molar-refractivity contribution in [3.8, 4) is 0 Å². The maximum Gasteiger partial charge on any atom is 0.289 e. The van der Waals surface area contributed by atoms with Gasteiger partial charge >= 0.3 is 0 Å². The Morgan fingerprint density at radius 1 is 0.946 bits per heavy atom. The van der Waals surface area contributed by atoms with E-state index >= 15 is 0 Å². The van der Waals surface area contributed by atoms with E-state index in [1.807, 2.05) is 20.8 Å². The molecule has 4 N–H and O–H groups in total. The number of nitrogens with one attached hydrogen (secondary N) is 3. The molecule has 3 rings (SSSR count). The minimum Gasteiger partial charge on any atom is -0.383 e. The third-order valence-electron chi connectivity index (χ3n) is 7.92. The molecule has 0 spiro atoms. The van der Waals surface area contributed by atoms with Crippen LogP contribution in [0, 0.1) is 23.7 Å². The fourth-order valence-corrected chi connectivity index (χ4v) is 5.56. The lowest BCUT2D eigenvalue weighted by Crippen LogP contribution is -2.59. The van der Waals surface area contributed by atoms with Crippen molar-refractivity contribution in [2.24, 2.45) is 23.7 Å². The molecular formula is C27H44N4O6. The smallest absolute Gasteiger partial charge is 0.289 e. The van der Waals surface area contributed by atoms with Gasteiger partial charge in [-0.05, 0) is 55.8 Å². The number of nitrogens with zero attached hydrogens (tertiary/aromatic N) is 1. The van der Waals surface area contributed by atoms with Crippen LogP contribution in [0.5, 0.6) is 0 Å². The first-order chi connectivity index (χ1) is 17.5. The molecule has 3 unspecified atom stereocenters. The number of carbonyl (C=O) groups is 5. The van der Waals surface area contributed by atoms with E-state index in [-0.39, 0.29) is 35.6 Å². The molecule has 0 aromatic carbocycles. The van der Waals surface area contributed by atoms with Gasteiger partial charge in [0.15, 0.2) is 0 Å². The van der Waals surface area contributed by atoms with Crippen molar-refractivity contribution < 1.29 is 29.1 Å². The van der Waals surface area contributed by atoms with Crippen LogP contribution in [-0.4, -0.2) is 76.2 Å². The number of Topliss-reactive ketones (excluding diaryl/α,β-unsaturated/α-hetero) is 1. The molecule has 37 heavy (non-hydrogen) atoms. The molecule has 1 saturated heterocycles. The summed E-state index contributed by atoms with van der Waals surface area (Å²) in [7, 11) is 0. The van der Waals surface area contributed by atoms with E-state index in [0.29, 0.717) is 19.4 Å². The fraction of sp³-hybridized carbons (Fsp3) is 0.815. The van der Waals surface area contributed by atoms with Crippen LogP contribution >= 0.6 is 0 Å². The first kappa shape index (κ1) is 29.1. The molecule has 0 bridgehead atoms. The zero-order chi connectivity index (χ0) is 27.4. The molecule has 10 nitrogen and oxygen atoms in total. The number of hydrogen-bond donors (Lipinski definition) is 4. The molecule has 3 fully saturated rings. The van der Waals surface area contributed by atoms with Crippen molar-refractivity contribution in [1.82, 2.24) is 20.9 Å². The summed E-state index contributed by atoms with van der Waals surface area (Å²) in [6.45, 7) is 9.35. The summed E-state index contributed by atoms with van der Waals surface area (Å²) in [5.74, 6) is -3.17. The van der Waals surface area contributed by atoms with E-state index in [2.05, 4.69) is 16.0 Å². The predicted molar refractivity (Wildman–Crippen MR) is 137 cm³/mol. The molecule has 0 aromatic heterocycles. The summed E-state index contributed by atoms with van der Waals surface area (Å²) < 4.78 is 0. The Bertz CT molecular complexity index is 886. The van der Waals surface area contributed by atoms with Crippen LogP contribution in [0.15, 0.2) is 0 Å². The average molecular weight is 521 g/mol. The Hall–Kier alpha value is -2.49. The molecule has 2 aliphatic carbocycles. The Labute approximate surface area is 219 Å².